The van der Waals surface area contributed by atoms with E-state index in [-0.39, 0.29) is 18.4 Å². The zero-order chi connectivity index (χ0) is 24.9. The van der Waals surface area contributed by atoms with Crippen molar-refractivity contribution in [3.05, 3.63) is 83.9 Å². The molecule has 35 heavy (non-hydrogen) atoms. The molecule has 0 bridgehead atoms. The summed E-state index contributed by atoms with van der Waals surface area (Å²) in [5, 5.41) is 6.74. The molecular weight excluding hydrogens is 466 g/mol. The number of para-hydroxylation sites is 2. The Morgan fingerprint density at radius 2 is 1.60 bits per heavy atom. The van der Waals surface area contributed by atoms with Gasteiger partial charge in [-0.2, -0.15) is 5.10 Å². The van der Waals surface area contributed by atoms with Crippen LogP contribution in [-0.4, -0.2) is 44.6 Å². The fraction of sp³-hybridized carbons (Fsp3) is 0.192. The van der Waals surface area contributed by atoms with Gasteiger partial charge in [-0.3, -0.25) is 9.59 Å². The summed E-state index contributed by atoms with van der Waals surface area (Å²) in [7, 11) is 3.17. The quantitative estimate of drug-likeness (QED) is 0.291. The standard InChI is InChI=1S/C26H27N3O5S/c1-32-21-11-9-20(10-12-21)17-35-18-26(31)29-27-15-19-7-13-22(14-8-19)34-16-25(30)28-23-5-3-4-6-24(23)33-2/h3-15H,16-18H2,1-2H3,(H,28,30)(H,29,31)/b27-15+. The average molecular weight is 494 g/mol. The molecule has 182 valence electrons. The molecule has 0 unspecified atom stereocenters. The number of hydrazone groups is 1. The van der Waals surface area contributed by atoms with Crippen LogP contribution in [0.3, 0.4) is 0 Å². The third-order valence-corrected chi connectivity index (χ3v) is 5.70. The second-order valence-corrected chi connectivity index (χ2v) is 8.23. The van der Waals surface area contributed by atoms with E-state index in [0.29, 0.717) is 22.9 Å². The number of rotatable bonds is 12. The summed E-state index contributed by atoms with van der Waals surface area (Å²) in [6, 6.07) is 21.9. The van der Waals surface area contributed by atoms with Crippen LogP contribution >= 0.6 is 11.8 Å². The number of carbonyl (C=O) groups excluding carboxylic acids is 2. The van der Waals surface area contributed by atoms with Gasteiger partial charge < -0.3 is 19.5 Å². The van der Waals surface area contributed by atoms with Crippen LogP contribution in [0.5, 0.6) is 17.2 Å². The Hall–Kier alpha value is -3.98. The smallest absolute Gasteiger partial charge is 0.262 e. The summed E-state index contributed by atoms with van der Waals surface area (Å²) in [4.78, 5) is 24.1. The number of amides is 2. The van der Waals surface area contributed by atoms with Crippen molar-refractivity contribution in [2.24, 2.45) is 5.10 Å². The molecule has 2 N–H and O–H groups in total. The van der Waals surface area contributed by atoms with E-state index in [1.165, 1.54) is 11.8 Å². The minimum absolute atomic E-state index is 0.143. The Bertz CT molecular complexity index is 1130. The maximum Gasteiger partial charge on any atom is 0.262 e. The third-order valence-electron chi connectivity index (χ3n) is 4.69. The predicted molar refractivity (Wildman–Crippen MR) is 138 cm³/mol. The lowest BCUT2D eigenvalue weighted by molar-refractivity contribution is -0.119. The predicted octanol–water partition coefficient (Wildman–Crippen LogP) is 4.10. The Morgan fingerprint density at radius 3 is 2.31 bits per heavy atom. The Morgan fingerprint density at radius 1 is 0.886 bits per heavy atom. The maximum absolute atomic E-state index is 12.1. The molecule has 0 spiro atoms. The second-order valence-electron chi connectivity index (χ2n) is 7.24. The van der Waals surface area contributed by atoms with Crippen LogP contribution < -0.4 is 25.0 Å². The fourth-order valence-electron chi connectivity index (χ4n) is 2.93. The van der Waals surface area contributed by atoms with Gasteiger partial charge in [-0.25, -0.2) is 5.43 Å². The molecular formula is C26H27N3O5S. The summed E-state index contributed by atoms with van der Waals surface area (Å²) >= 11 is 1.50. The van der Waals surface area contributed by atoms with Crippen molar-refractivity contribution in [1.29, 1.82) is 0 Å². The lowest BCUT2D eigenvalue weighted by Gasteiger charge is -2.10. The highest BCUT2D eigenvalue weighted by atomic mass is 32.2. The summed E-state index contributed by atoms with van der Waals surface area (Å²) < 4.78 is 15.9. The van der Waals surface area contributed by atoms with Crippen molar-refractivity contribution in [3.8, 4) is 17.2 Å². The van der Waals surface area contributed by atoms with Gasteiger partial charge in [0.2, 0.25) is 5.91 Å². The molecule has 9 heteroatoms. The third kappa shape index (κ3) is 8.71. The molecule has 0 aliphatic heterocycles. The first-order valence-electron chi connectivity index (χ1n) is 10.8. The molecule has 0 heterocycles. The van der Waals surface area contributed by atoms with Crippen molar-refractivity contribution < 1.29 is 23.8 Å². The minimum atomic E-state index is -0.298. The second kappa shape index (κ2) is 13.7. The molecule has 8 nitrogen and oxygen atoms in total. The lowest BCUT2D eigenvalue weighted by atomic mass is 10.2. The molecule has 0 fully saturated rings. The number of benzene rings is 3. The number of hydrogen-bond acceptors (Lipinski definition) is 7. The number of carbonyl (C=O) groups is 2. The van der Waals surface area contributed by atoms with E-state index in [1.807, 2.05) is 36.4 Å². The van der Waals surface area contributed by atoms with Gasteiger partial charge in [-0.1, -0.05) is 24.3 Å². The van der Waals surface area contributed by atoms with E-state index in [1.54, 1.807) is 56.8 Å². The maximum atomic E-state index is 12.1. The Balaban J connectivity index is 1.36. The number of methoxy groups -OCH3 is 2. The van der Waals surface area contributed by atoms with Gasteiger partial charge in [0, 0.05) is 5.75 Å². The monoisotopic (exact) mass is 493 g/mol. The van der Waals surface area contributed by atoms with E-state index in [2.05, 4.69) is 15.8 Å². The highest BCUT2D eigenvalue weighted by molar-refractivity contribution is 7.99. The highest BCUT2D eigenvalue weighted by Crippen LogP contribution is 2.23. The van der Waals surface area contributed by atoms with Crippen LogP contribution in [0.15, 0.2) is 77.9 Å². The SMILES string of the molecule is COc1ccc(CSCC(=O)N/N=C/c2ccc(OCC(=O)Nc3ccccc3OC)cc2)cc1. The number of nitrogens with zero attached hydrogens (tertiary/aromatic N) is 1. The van der Waals surface area contributed by atoms with E-state index in [9.17, 15) is 9.59 Å². The van der Waals surface area contributed by atoms with E-state index in [4.69, 9.17) is 14.2 Å². The number of ether oxygens (including phenoxy) is 3. The molecule has 2 amide bonds. The summed E-state index contributed by atoms with van der Waals surface area (Å²) in [6.07, 6.45) is 1.55. The van der Waals surface area contributed by atoms with Crippen molar-refractivity contribution >= 4 is 35.5 Å². The Kier molecular flexibility index (Phi) is 10.0. The van der Waals surface area contributed by atoms with Gasteiger partial charge >= 0.3 is 0 Å². The zero-order valence-corrected chi connectivity index (χ0v) is 20.3. The lowest BCUT2D eigenvalue weighted by Crippen LogP contribution is -2.20. The van der Waals surface area contributed by atoms with E-state index < -0.39 is 0 Å². The minimum Gasteiger partial charge on any atom is -0.497 e. The van der Waals surface area contributed by atoms with Crippen molar-refractivity contribution in [2.45, 2.75) is 5.75 Å². The van der Waals surface area contributed by atoms with Crippen LogP contribution in [0.4, 0.5) is 5.69 Å². The number of hydrogen-bond donors (Lipinski definition) is 2. The molecule has 3 aromatic rings. The van der Waals surface area contributed by atoms with E-state index >= 15 is 0 Å². The summed E-state index contributed by atoms with van der Waals surface area (Å²) in [5.41, 5.74) is 5.00. The van der Waals surface area contributed by atoms with Gasteiger partial charge in [0.25, 0.3) is 5.91 Å². The van der Waals surface area contributed by atoms with Crippen molar-refractivity contribution in [2.75, 3.05) is 31.9 Å². The van der Waals surface area contributed by atoms with Crippen LogP contribution in [0.25, 0.3) is 0 Å². The van der Waals surface area contributed by atoms with Crippen LogP contribution in [-0.2, 0) is 15.3 Å². The first-order valence-corrected chi connectivity index (χ1v) is 11.9. The molecule has 0 radical (unpaired) electrons. The van der Waals surface area contributed by atoms with Gasteiger partial charge in [-0.15, -0.1) is 11.8 Å². The molecule has 0 saturated heterocycles. The molecule has 0 aliphatic carbocycles. The van der Waals surface area contributed by atoms with Gasteiger partial charge in [0.15, 0.2) is 6.61 Å². The molecule has 0 aromatic heterocycles. The zero-order valence-electron chi connectivity index (χ0n) is 19.5. The number of anilines is 1. The first-order chi connectivity index (χ1) is 17.1. The average Bonchev–Trinajstić information content (AvgIpc) is 2.89. The largest absolute Gasteiger partial charge is 0.497 e. The summed E-state index contributed by atoms with van der Waals surface area (Å²) in [5.74, 6) is 2.46. The normalized spacial score (nSPS) is 10.6. The molecule has 0 atom stereocenters. The number of nitrogens with one attached hydrogen (secondary N) is 2. The van der Waals surface area contributed by atoms with Gasteiger partial charge in [0.05, 0.1) is 31.9 Å². The first kappa shape index (κ1) is 25.6. The van der Waals surface area contributed by atoms with Crippen molar-refractivity contribution in [1.82, 2.24) is 5.43 Å². The van der Waals surface area contributed by atoms with E-state index in [0.717, 1.165) is 22.6 Å². The molecule has 0 aliphatic rings. The van der Waals surface area contributed by atoms with Crippen LogP contribution in [0.1, 0.15) is 11.1 Å². The number of thioether (sulfide) groups is 1. The summed E-state index contributed by atoms with van der Waals surface area (Å²) in [6.45, 7) is -0.143. The van der Waals surface area contributed by atoms with Gasteiger partial charge in [0.1, 0.15) is 17.2 Å². The molecule has 3 rings (SSSR count). The Labute approximate surface area is 208 Å². The van der Waals surface area contributed by atoms with Crippen molar-refractivity contribution in [3.63, 3.8) is 0 Å². The highest BCUT2D eigenvalue weighted by Gasteiger charge is 2.08. The van der Waals surface area contributed by atoms with Crippen LogP contribution in [0, 0.1) is 0 Å². The van der Waals surface area contributed by atoms with Gasteiger partial charge in [-0.05, 0) is 59.7 Å². The van der Waals surface area contributed by atoms with Crippen LogP contribution in [0.2, 0.25) is 0 Å². The fourth-order valence-corrected chi connectivity index (χ4v) is 3.71. The molecule has 3 aromatic carbocycles. The molecule has 0 saturated carbocycles. The topological polar surface area (TPSA) is 98.3 Å².